The van der Waals surface area contributed by atoms with E-state index in [9.17, 15) is 4.79 Å². The second-order valence-electron chi connectivity index (χ2n) is 6.68. The van der Waals surface area contributed by atoms with Crippen LogP contribution in [0.4, 0.5) is 0 Å². The molecular formula is C19H38O2. The van der Waals surface area contributed by atoms with Crippen LogP contribution < -0.4 is 0 Å². The van der Waals surface area contributed by atoms with Crippen molar-refractivity contribution < 1.29 is 9.53 Å². The van der Waals surface area contributed by atoms with Gasteiger partial charge in [0.25, 0.3) is 0 Å². The fourth-order valence-electron chi connectivity index (χ4n) is 2.65. The minimum absolute atomic E-state index is 0.00226. The molecule has 0 spiro atoms. The summed E-state index contributed by atoms with van der Waals surface area (Å²) in [6, 6.07) is 0. The van der Waals surface area contributed by atoms with Crippen molar-refractivity contribution in [3.05, 3.63) is 0 Å². The van der Waals surface area contributed by atoms with Crippen LogP contribution in [0, 0.1) is 11.8 Å². The molecule has 0 fully saturated rings. The number of hydrogen-bond acceptors (Lipinski definition) is 2. The summed E-state index contributed by atoms with van der Waals surface area (Å²) < 4.78 is 5.35. The predicted octanol–water partition coefficient (Wildman–Crippen LogP) is 6.13. The maximum absolute atomic E-state index is 11.5. The molecule has 0 aliphatic rings. The molecule has 0 aromatic carbocycles. The molecule has 0 bridgehead atoms. The topological polar surface area (TPSA) is 26.3 Å². The quantitative estimate of drug-likeness (QED) is 0.285. The van der Waals surface area contributed by atoms with Crippen LogP contribution in [0.3, 0.4) is 0 Å². The fourth-order valence-corrected chi connectivity index (χ4v) is 2.65. The van der Waals surface area contributed by atoms with Crippen LogP contribution >= 0.6 is 0 Å². The van der Waals surface area contributed by atoms with Crippen molar-refractivity contribution in [2.45, 2.75) is 98.3 Å². The Labute approximate surface area is 133 Å². The molecule has 0 aliphatic carbocycles. The molecule has 2 nitrogen and oxygen atoms in total. The van der Waals surface area contributed by atoms with E-state index in [2.05, 4.69) is 13.8 Å². The van der Waals surface area contributed by atoms with Crippen LogP contribution in [0.1, 0.15) is 98.3 Å². The van der Waals surface area contributed by atoms with E-state index >= 15 is 0 Å². The van der Waals surface area contributed by atoms with E-state index in [0.29, 0.717) is 6.61 Å². The molecule has 126 valence electrons. The highest BCUT2D eigenvalue weighted by Gasteiger charge is 2.12. The summed E-state index contributed by atoms with van der Waals surface area (Å²) in [6.45, 7) is 8.93. The predicted molar refractivity (Wildman–Crippen MR) is 91.4 cm³/mol. The van der Waals surface area contributed by atoms with Crippen molar-refractivity contribution in [2.75, 3.05) is 6.61 Å². The molecule has 0 aliphatic heterocycles. The lowest BCUT2D eigenvalue weighted by atomic mass is 9.92. The van der Waals surface area contributed by atoms with Gasteiger partial charge in [0.15, 0.2) is 0 Å². The Hall–Kier alpha value is -0.530. The van der Waals surface area contributed by atoms with Gasteiger partial charge in [-0.3, -0.25) is 4.79 Å². The number of ether oxygens (including phenoxy) is 1. The van der Waals surface area contributed by atoms with E-state index in [0.717, 1.165) is 12.3 Å². The van der Waals surface area contributed by atoms with Gasteiger partial charge in [-0.2, -0.15) is 0 Å². The molecule has 0 atom stereocenters. The molecule has 0 saturated heterocycles. The molecule has 21 heavy (non-hydrogen) atoms. The van der Waals surface area contributed by atoms with Crippen molar-refractivity contribution in [2.24, 2.45) is 11.8 Å². The highest BCUT2D eigenvalue weighted by atomic mass is 16.5. The van der Waals surface area contributed by atoms with E-state index in [-0.39, 0.29) is 11.9 Å². The number of esters is 1. The highest BCUT2D eigenvalue weighted by molar-refractivity contribution is 5.71. The van der Waals surface area contributed by atoms with Crippen LogP contribution in [0.15, 0.2) is 0 Å². The molecular weight excluding hydrogens is 260 g/mol. The van der Waals surface area contributed by atoms with E-state index in [1.165, 1.54) is 64.2 Å². The summed E-state index contributed by atoms with van der Waals surface area (Å²) in [5.74, 6) is 0.696. The molecule has 0 unspecified atom stereocenters. The maximum atomic E-state index is 11.5. The van der Waals surface area contributed by atoms with Crippen molar-refractivity contribution in [1.29, 1.82) is 0 Å². The Morgan fingerprint density at radius 2 is 1.33 bits per heavy atom. The van der Waals surface area contributed by atoms with Gasteiger partial charge in [0.05, 0.1) is 12.5 Å². The molecule has 0 saturated carbocycles. The summed E-state index contributed by atoms with van der Waals surface area (Å²) in [5.41, 5.74) is 0. The van der Waals surface area contributed by atoms with Gasteiger partial charge in [-0.15, -0.1) is 0 Å². The Bertz CT molecular complexity index is 224. The van der Waals surface area contributed by atoms with Gasteiger partial charge in [0.2, 0.25) is 0 Å². The van der Waals surface area contributed by atoms with Crippen molar-refractivity contribution >= 4 is 5.97 Å². The summed E-state index contributed by atoms with van der Waals surface area (Å²) in [5, 5.41) is 0. The molecule has 0 N–H and O–H groups in total. The average Bonchev–Trinajstić information content (AvgIpc) is 2.46. The number of rotatable bonds is 14. The maximum Gasteiger partial charge on any atom is 0.308 e. The minimum Gasteiger partial charge on any atom is -0.465 e. The Morgan fingerprint density at radius 3 is 1.76 bits per heavy atom. The molecule has 0 aromatic rings. The lowest BCUT2D eigenvalue weighted by molar-refractivity contribution is -0.147. The van der Waals surface area contributed by atoms with Gasteiger partial charge in [-0.1, -0.05) is 91.9 Å². The van der Waals surface area contributed by atoms with Crippen LogP contribution in [-0.2, 0) is 9.53 Å². The first-order valence-electron chi connectivity index (χ1n) is 9.28. The number of carbonyl (C=O) groups is 1. The molecule has 0 amide bonds. The highest BCUT2D eigenvalue weighted by Crippen LogP contribution is 2.21. The standard InChI is InChI=1S/C19H38O2/c1-5-7-9-11-13-18(14-12-10-8-6-2)15-16-21-19(20)17(3)4/h17-18H,5-16H2,1-4H3. The van der Waals surface area contributed by atoms with E-state index in [4.69, 9.17) is 4.74 Å². The van der Waals surface area contributed by atoms with Gasteiger partial charge in [-0.25, -0.2) is 0 Å². The number of unbranched alkanes of at least 4 members (excludes halogenated alkanes) is 6. The van der Waals surface area contributed by atoms with Crippen molar-refractivity contribution in [3.8, 4) is 0 Å². The van der Waals surface area contributed by atoms with E-state index < -0.39 is 0 Å². The first kappa shape index (κ1) is 20.5. The number of hydrogen-bond donors (Lipinski definition) is 0. The first-order valence-corrected chi connectivity index (χ1v) is 9.28. The Morgan fingerprint density at radius 1 is 0.810 bits per heavy atom. The Kier molecular flexibility index (Phi) is 14.0. The molecule has 0 aromatic heterocycles. The lowest BCUT2D eigenvalue weighted by Gasteiger charge is -2.17. The summed E-state index contributed by atoms with van der Waals surface area (Å²) >= 11 is 0. The average molecular weight is 299 g/mol. The fraction of sp³-hybridized carbons (Fsp3) is 0.947. The molecule has 2 heteroatoms. The van der Waals surface area contributed by atoms with Crippen LogP contribution in [0.5, 0.6) is 0 Å². The second kappa shape index (κ2) is 14.4. The zero-order valence-electron chi connectivity index (χ0n) is 15.0. The molecule has 0 rings (SSSR count). The third-order valence-corrected chi connectivity index (χ3v) is 4.17. The second-order valence-corrected chi connectivity index (χ2v) is 6.68. The molecule has 0 radical (unpaired) electrons. The smallest absolute Gasteiger partial charge is 0.308 e. The van der Waals surface area contributed by atoms with Gasteiger partial charge < -0.3 is 4.74 Å². The van der Waals surface area contributed by atoms with Gasteiger partial charge >= 0.3 is 5.97 Å². The third-order valence-electron chi connectivity index (χ3n) is 4.17. The first-order chi connectivity index (χ1) is 10.1. The van der Waals surface area contributed by atoms with Crippen molar-refractivity contribution in [3.63, 3.8) is 0 Å². The van der Waals surface area contributed by atoms with Crippen LogP contribution in [0.2, 0.25) is 0 Å². The van der Waals surface area contributed by atoms with E-state index in [1.807, 2.05) is 13.8 Å². The molecule has 0 heterocycles. The van der Waals surface area contributed by atoms with Gasteiger partial charge in [0, 0.05) is 0 Å². The SMILES string of the molecule is CCCCCCC(CCCCCC)CCOC(=O)C(C)C. The van der Waals surface area contributed by atoms with Crippen LogP contribution in [0.25, 0.3) is 0 Å². The van der Waals surface area contributed by atoms with Gasteiger partial charge in [0.1, 0.15) is 0 Å². The normalized spacial score (nSPS) is 11.3. The summed E-state index contributed by atoms with van der Waals surface area (Å²) in [7, 11) is 0. The van der Waals surface area contributed by atoms with Gasteiger partial charge in [-0.05, 0) is 12.3 Å². The lowest BCUT2D eigenvalue weighted by Crippen LogP contribution is -2.14. The monoisotopic (exact) mass is 298 g/mol. The largest absolute Gasteiger partial charge is 0.465 e. The van der Waals surface area contributed by atoms with Crippen LogP contribution in [-0.4, -0.2) is 12.6 Å². The number of carbonyl (C=O) groups excluding carboxylic acids is 1. The minimum atomic E-state index is -0.0503. The summed E-state index contributed by atoms with van der Waals surface area (Å²) in [4.78, 5) is 11.5. The van der Waals surface area contributed by atoms with Crippen molar-refractivity contribution in [1.82, 2.24) is 0 Å². The zero-order chi connectivity index (χ0) is 15.9. The zero-order valence-corrected chi connectivity index (χ0v) is 15.0. The third kappa shape index (κ3) is 12.9. The van der Waals surface area contributed by atoms with E-state index in [1.54, 1.807) is 0 Å². The summed E-state index contributed by atoms with van der Waals surface area (Å²) in [6.07, 6.45) is 14.4. The Balaban J connectivity index is 3.90.